The first-order chi connectivity index (χ1) is 11.8. The molecule has 130 valence electrons. The van der Waals surface area contributed by atoms with Gasteiger partial charge in [-0.05, 0) is 24.1 Å². The second-order valence-electron chi connectivity index (χ2n) is 5.91. The molecule has 1 saturated heterocycles. The van der Waals surface area contributed by atoms with E-state index < -0.39 is 6.55 Å². The molecule has 0 unspecified atom stereocenters. The normalized spacial score (nSPS) is 15.8. The van der Waals surface area contributed by atoms with Crippen LogP contribution in [0.5, 0.6) is 0 Å². The number of nitrogen functional groups attached to an aromatic ring is 1. The first kappa shape index (κ1) is 18.4. The molecule has 0 radical (unpaired) electrons. The van der Waals surface area contributed by atoms with Crippen LogP contribution in [-0.2, 0) is 0 Å². The van der Waals surface area contributed by atoms with Crippen molar-refractivity contribution >= 4 is 18.6 Å². The Balaban J connectivity index is 2.44. The van der Waals surface area contributed by atoms with Crippen LogP contribution >= 0.6 is 0 Å². The van der Waals surface area contributed by atoms with Gasteiger partial charge in [-0.1, -0.05) is 31.9 Å². The monoisotopic (exact) mass is 344 g/mol. The van der Waals surface area contributed by atoms with Gasteiger partial charge in [0.25, 0.3) is 6.71 Å². The fourth-order valence-corrected chi connectivity index (χ4v) is 2.92. The van der Waals surface area contributed by atoms with Crippen molar-refractivity contribution < 1.29 is 13.9 Å². The minimum Gasteiger partial charge on any atom is -0.508 e. The number of anilines is 1. The van der Waals surface area contributed by atoms with E-state index in [9.17, 15) is 13.9 Å². The summed E-state index contributed by atoms with van der Waals surface area (Å²) in [4.78, 5) is 0. The van der Waals surface area contributed by atoms with E-state index in [1.807, 2.05) is 0 Å². The number of aliphatic hydroxyl groups excluding tert-OH is 1. The van der Waals surface area contributed by atoms with E-state index in [0.29, 0.717) is 23.9 Å². The van der Waals surface area contributed by atoms with Crippen molar-refractivity contribution in [3.05, 3.63) is 59.7 Å². The van der Waals surface area contributed by atoms with E-state index in [1.54, 1.807) is 6.07 Å². The summed E-state index contributed by atoms with van der Waals surface area (Å²) in [5, 5.41) is 18.5. The molecule has 1 aliphatic heterocycles. The second kappa shape index (κ2) is 7.30. The fraction of sp³-hybridized carbons (Fsp3) is 0.235. The molecule has 0 aromatic carbocycles. The second-order valence-corrected chi connectivity index (χ2v) is 5.91. The average molecular weight is 344 g/mol. The number of aliphatic hydroxyl groups is 1. The highest BCUT2D eigenvalue weighted by Gasteiger charge is 2.37. The minimum atomic E-state index is -2.80. The maximum absolute atomic E-state index is 13.4. The maximum atomic E-state index is 13.4. The van der Waals surface area contributed by atoms with Gasteiger partial charge in [0, 0.05) is 28.5 Å². The van der Waals surface area contributed by atoms with Crippen LogP contribution in [0.1, 0.15) is 23.7 Å². The number of nitrogens with two attached hydrogens (primary N) is 2. The number of aromatic nitrogens is 1. The predicted molar refractivity (Wildman–Crippen MR) is 96.0 cm³/mol. The summed E-state index contributed by atoms with van der Waals surface area (Å²) < 4.78 is 27.6. The van der Waals surface area contributed by atoms with Crippen molar-refractivity contribution in [3.8, 4) is 5.97 Å². The SMILES string of the molecule is C=C/C=C(C(=C)O)/C(N)=C/c1cc(C2CB(C#N)C2)n(C(F)F)c1N. The van der Waals surface area contributed by atoms with Crippen LogP contribution in [0.15, 0.2) is 48.4 Å². The van der Waals surface area contributed by atoms with Gasteiger partial charge in [0.15, 0.2) is 0 Å². The van der Waals surface area contributed by atoms with E-state index in [2.05, 4.69) is 19.1 Å². The molecule has 1 fully saturated rings. The minimum absolute atomic E-state index is 0.115. The van der Waals surface area contributed by atoms with Crippen molar-refractivity contribution in [1.29, 1.82) is 5.26 Å². The summed E-state index contributed by atoms with van der Waals surface area (Å²) in [5.41, 5.74) is 12.9. The van der Waals surface area contributed by atoms with Crippen molar-refractivity contribution in [2.75, 3.05) is 5.73 Å². The molecule has 0 aliphatic carbocycles. The standard InChI is InChI=1S/C17H19BF2N4O/c1-3-4-13(10(2)25)14(22)5-11-6-15(12-7-18(8-12)9-21)24(16(11)23)17(19)20/h3-6,12,17,25H,1-2,7-8,22-23H2/b13-4+,14-5-. The van der Waals surface area contributed by atoms with Gasteiger partial charge in [0.1, 0.15) is 11.6 Å². The molecular weight excluding hydrogens is 325 g/mol. The van der Waals surface area contributed by atoms with E-state index in [-0.39, 0.29) is 35.5 Å². The zero-order valence-electron chi connectivity index (χ0n) is 13.6. The lowest BCUT2D eigenvalue weighted by atomic mass is 9.32. The molecule has 5 nitrogen and oxygen atoms in total. The van der Waals surface area contributed by atoms with Gasteiger partial charge in [0.05, 0.1) is 0 Å². The Morgan fingerprint density at radius 2 is 2.16 bits per heavy atom. The maximum Gasteiger partial charge on any atom is 0.320 e. The molecule has 8 heteroatoms. The summed E-state index contributed by atoms with van der Waals surface area (Å²) >= 11 is 0. The third kappa shape index (κ3) is 3.60. The first-order valence-corrected chi connectivity index (χ1v) is 7.67. The van der Waals surface area contributed by atoms with Crippen LogP contribution in [0, 0.1) is 11.2 Å². The molecule has 1 aliphatic rings. The van der Waals surface area contributed by atoms with E-state index in [4.69, 9.17) is 16.7 Å². The van der Waals surface area contributed by atoms with Crippen LogP contribution in [0.3, 0.4) is 0 Å². The van der Waals surface area contributed by atoms with E-state index in [0.717, 1.165) is 4.57 Å². The Labute approximate surface area is 145 Å². The van der Waals surface area contributed by atoms with Gasteiger partial charge >= 0.3 is 6.55 Å². The molecular formula is C17H19BF2N4O. The van der Waals surface area contributed by atoms with Crippen LogP contribution < -0.4 is 11.5 Å². The zero-order valence-corrected chi connectivity index (χ0v) is 13.6. The molecule has 2 heterocycles. The molecule has 0 saturated carbocycles. The lowest BCUT2D eigenvalue weighted by Crippen LogP contribution is -2.30. The summed E-state index contributed by atoms with van der Waals surface area (Å²) in [6.45, 7) is 4.02. The van der Waals surface area contributed by atoms with Crippen molar-refractivity contribution in [1.82, 2.24) is 4.57 Å². The Kier molecular flexibility index (Phi) is 5.37. The van der Waals surface area contributed by atoms with Crippen molar-refractivity contribution in [2.24, 2.45) is 5.73 Å². The van der Waals surface area contributed by atoms with Crippen LogP contribution in [-0.4, -0.2) is 16.4 Å². The number of allylic oxidation sites excluding steroid dienone is 2. The number of halogens is 2. The number of hydrogen-bond donors (Lipinski definition) is 3. The third-order valence-corrected chi connectivity index (χ3v) is 4.29. The highest BCUT2D eigenvalue weighted by atomic mass is 19.3. The highest BCUT2D eigenvalue weighted by molar-refractivity contribution is 6.70. The van der Waals surface area contributed by atoms with Gasteiger partial charge in [-0.15, -0.1) is 0 Å². The topological polar surface area (TPSA) is 101 Å². The smallest absolute Gasteiger partial charge is 0.320 e. The highest BCUT2D eigenvalue weighted by Crippen LogP contribution is 2.42. The van der Waals surface area contributed by atoms with E-state index >= 15 is 0 Å². The van der Waals surface area contributed by atoms with Gasteiger partial charge in [-0.2, -0.15) is 8.78 Å². The first-order valence-electron chi connectivity index (χ1n) is 7.67. The lowest BCUT2D eigenvalue weighted by molar-refractivity contribution is 0.0691. The number of rotatable bonds is 6. The lowest BCUT2D eigenvalue weighted by Gasteiger charge is -2.29. The predicted octanol–water partition coefficient (Wildman–Crippen LogP) is 3.60. The summed E-state index contributed by atoms with van der Waals surface area (Å²) in [7, 11) is 0. The number of nitrogens with zero attached hydrogens (tertiary/aromatic N) is 2. The summed E-state index contributed by atoms with van der Waals surface area (Å²) in [5.74, 6) is 1.61. The fourth-order valence-electron chi connectivity index (χ4n) is 2.92. The molecule has 0 atom stereocenters. The van der Waals surface area contributed by atoms with Crippen molar-refractivity contribution in [2.45, 2.75) is 25.1 Å². The average Bonchev–Trinajstić information content (AvgIpc) is 2.80. The number of alkyl halides is 2. The number of hydrogen-bond acceptors (Lipinski definition) is 4. The molecule has 25 heavy (non-hydrogen) atoms. The van der Waals surface area contributed by atoms with Crippen molar-refractivity contribution in [3.63, 3.8) is 0 Å². The Morgan fingerprint density at radius 3 is 2.64 bits per heavy atom. The molecule has 1 aromatic heterocycles. The molecule has 2 rings (SSSR count). The molecule has 0 spiro atoms. The molecule has 1 aromatic rings. The molecule has 0 bridgehead atoms. The van der Waals surface area contributed by atoms with Crippen LogP contribution in [0.2, 0.25) is 12.6 Å². The Morgan fingerprint density at radius 1 is 1.52 bits per heavy atom. The molecule has 0 amide bonds. The zero-order chi connectivity index (χ0) is 18.7. The molecule has 5 N–H and O–H groups in total. The van der Waals surface area contributed by atoms with Crippen LogP contribution in [0.4, 0.5) is 14.6 Å². The summed E-state index contributed by atoms with van der Waals surface area (Å²) in [6.07, 6.45) is 5.35. The Bertz CT molecular complexity index is 798. The van der Waals surface area contributed by atoms with Gasteiger partial charge in [0.2, 0.25) is 0 Å². The third-order valence-electron chi connectivity index (χ3n) is 4.29. The van der Waals surface area contributed by atoms with Crippen LogP contribution in [0.25, 0.3) is 6.08 Å². The summed E-state index contributed by atoms with van der Waals surface area (Å²) in [6, 6.07) is 1.55. The van der Waals surface area contributed by atoms with Gasteiger partial charge < -0.3 is 16.6 Å². The van der Waals surface area contributed by atoms with E-state index in [1.165, 1.54) is 18.2 Å². The largest absolute Gasteiger partial charge is 0.508 e. The van der Waals surface area contributed by atoms with Gasteiger partial charge in [-0.25, -0.2) is 5.26 Å². The Hall–Kier alpha value is -2.95. The quantitative estimate of drug-likeness (QED) is 0.417. The van der Waals surface area contributed by atoms with Gasteiger partial charge in [-0.3, -0.25) is 4.57 Å². The number of nitriles is 1.